The molecule has 0 heterocycles. The molecule has 1 rings (SSSR count). The lowest BCUT2D eigenvalue weighted by atomic mass is 10.2. The average molecular weight is 307 g/mol. The summed E-state index contributed by atoms with van der Waals surface area (Å²) in [7, 11) is 1.49. The van der Waals surface area contributed by atoms with E-state index in [1.807, 2.05) is 0 Å². The molecule has 0 aliphatic carbocycles. The molecule has 0 aromatic heterocycles. The Hall–Kier alpha value is -1.37. The van der Waals surface area contributed by atoms with Gasteiger partial charge in [0.25, 0.3) is 0 Å². The number of hydrogen-bond acceptors (Lipinski definition) is 4. The van der Waals surface area contributed by atoms with Crippen LogP contribution in [0, 0.1) is 5.82 Å². The predicted octanol–water partition coefficient (Wildman–Crippen LogP) is 1.95. The second-order valence-corrected chi connectivity index (χ2v) is 3.92. The number of amides is 1. The van der Waals surface area contributed by atoms with Crippen molar-refractivity contribution in [3.63, 3.8) is 0 Å². The first kappa shape index (κ1) is 18.6. The number of nitrogens with one attached hydrogen (secondary N) is 1. The van der Waals surface area contributed by atoms with Crippen molar-refractivity contribution in [3.8, 4) is 5.75 Å². The molecule has 1 aromatic rings. The van der Waals surface area contributed by atoms with Crippen molar-refractivity contribution in [1.82, 2.24) is 0 Å². The third-order valence-corrected chi connectivity index (χ3v) is 2.53. The molecule has 0 bridgehead atoms. The Morgan fingerprint density at radius 3 is 2.75 bits per heavy atom. The monoisotopic (exact) mass is 306 g/mol. The molecule has 114 valence electrons. The van der Waals surface area contributed by atoms with Crippen molar-refractivity contribution >= 4 is 24.0 Å². The maximum atomic E-state index is 13.1. The van der Waals surface area contributed by atoms with Gasteiger partial charge in [-0.15, -0.1) is 12.4 Å². The first-order valence-electron chi connectivity index (χ1n) is 6.05. The SMILES string of the molecule is CCOc1cc(F)ccc1NC(=O)CC(CN)OC.Cl. The van der Waals surface area contributed by atoms with Gasteiger partial charge in [-0.05, 0) is 19.1 Å². The van der Waals surface area contributed by atoms with Crippen LogP contribution in [0.15, 0.2) is 18.2 Å². The second-order valence-electron chi connectivity index (χ2n) is 3.92. The molecule has 0 saturated carbocycles. The molecule has 3 N–H and O–H groups in total. The highest BCUT2D eigenvalue weighted by molar-refractivity contribution is 5.92. The highest BCUT2D eigenvalue weighted by Crippen LogP contribution is 2.25. The molecule has 1 unspecified atom stereocenters. The number of benzene rings is 1. The zero-order valence-electron chi connectivity index (χ0n) is 11.5. The van der Waals surface area contributed by atoms with Gasteiger partial charge in [0.05, 0.1) is 24.8 Å². The van der Waals surface area contributed by atoms with Gasteiger partial charge in [0.2, 0.25) is 5.91 Å². The Balaban J connectivity index is 0.00000361. The van der Waals surface area contributed by atoms with Gasteiger partial charge in [0, 0.05) is 19.7 Å². The van der Waals surface area contributed by atoms with Crippen molar-refractivity contribution in [2.45, 2.75) is 19.4 Å². The zero-order chi connectivity index (χ0) is 14.3. The lowest BCUT2D eigenvalue weighted by Crippen LogP contribution is -2.28. The summed E-state index contributed by atoms with van der Waals surface area (Å²) in [5, 5.41) is 2.66. The molecule has 1 aromatic carbocycles. The summed E-state index contributed by atoms with van der Waals surface area (Å²) in [5.74, 6) is -0.374. The standard InChI is InChI=1S/C13H19FN2O3.ClH/c1-3-19-12-6-9(14)4-5-11(12)16-13(17)7-10(8-15)18-2;/h4-6,10H,3,7-8,15H2,1-2H3,(H,16,17);1H. The topological polar surface area (TPSA) is 73.6 Å². The Morgan fingerprint density at radius 2 is 2.20 bits per heavy atom. The van der Waals surface area contributed by atoms with Crippen LogP contribution in [0.2, 0.25) is 0 Å². The molecule has 1 amide bonds. The summed E-state index contributed by atoms with van der Waals surface area (Å²) in [5.41, 5.74) is 5.87. The van der Waals surface area contributed by atoms with Gasteiger partial charge in [-0.3, -0.25) is 4.79 Å². The van der Waals surface area contributed by atoms with Crippen molar-refractivity contribution in [2.24, 2.45) is 5.73 Å². The first-order valence-corrected chi connectivity index (χ1v) is 6.05. The Bertz CT molecular complexity index is 428. The molecular weight excluding hydrogens is 287 g/mol. The largest absolute Gasteiger partial charge is 0.492 e. The van der Waals surface area contributed by atoms with Crippen molar-refractivity contribution in [1.29, 1.82) is 0 Å². The van der Waals surface area contributed by atoms with E-state index < -0.39 is 5.82 Å². The Morgan fingerprint density at radius 1 is 1.50 bits per heavy atom. The molecule has 0 spiro atoms. The fourth-order valence-electron chi connectivity index (χ4n) is 1.55. The number of rotatable bonds is 7. The molecule has 1 atom stereocenters. The maximum absolute atomic E-state index is 13.1. The molecule has 0 saturated heterocycles. The smallest absolute Gasteiger partial charge is 0.227 e. The van der Waals surface area contributed by atoms with Gasteiger partial charge < -0.3 is 20.5 Å². The number of ether oxygens (including phenoxy) is 2. The highest BCUT2D eigenvalue weighted by Gasteiger charge is 2.14. The van der Waals surface area contributed by atoms with Crippen LogP contribution in [0.4, 0.5) is 10.1 Å². The lowest BCUT2D eigenvalue weighted by Gasteiger charge is -2.14. The number of anilines is 1. The minimum Gasteiger partial charge on any atom is -0.492 e. The van der Waals surface area contributed by atoms with Crippen molar-refractivity contribution < 1.29 is 18.7 Å². The Kier molecular flexibility index (Phi) is 8.87. The zero-order valence-corrected chi connectivity index (χ0v) is 12.3. The van der Waals surface area contributed by atoms with E-state index in [0.29, 0.717) is 18.0 Å². The van der Waals surface area contributed by atoms with Crippen LogP contribution < -0.4 is 15.8 Å². The van der Waals surface area contributed by atoms with Crippen LogP contribution >= 0.6 is 12.4 Å². The van der Waals surface area contributed by atoms with Crippen LogP contribution in [-0.4, -0.2) is 32.3 Å². The number of carbonyl (C=O) groups is 1. The quantitative estimate of drug-likeness (QED) is 0.807. The molecule has 0 fully saturated rings. The molecule has 5 nitrogen and oxygen atoms in total. The van der Waals surface area contributed by atoms with E-state index in [-0.39, 0.29) is 37.4 Å². The predicted molar refractivity (Wildman–Crippen MR) is 77.9 cm³/mol. The summed E-state index contributed by atoms with van der Waals surface area (Å²) in [4.78, 5) is 11.8. The number of hydrogen-bond donors (Lipinski definition) is 2. The van der Waals surface area contributed by atoms with E-state index in [2.05, 4.69) is 5.32 Å². The summed E-state index contributed by atoms with van der Waals surface area (Å²) >= 11 is 0. The van der Waals surface area contributed by atoms with Crippen molar-refractivity contribution in [2.75, 3.05) is 25.6 Å². The van der Waals surface area contributed by atoms with E-state index in [9.17, 15) is 9.18 Å². The van der Waals surface area contributed by atoms with Crippen LogP contribution in [0.5, 0.6) is 5.75 Å². The van der Waals surface area contributed by atoms with E-state index in [1.165, 1.54) is 25.3 Å². The molecule has 7 heteroatoms. The van der Waals surface area contributed by atoms with Crippen LogP contribution in [0.25, 0.3) is 0 Å². The first-order chi connectivity index (χ1) is 9.10. The van der Waals surface area contributed by atoms with Gasteiger partial charge in [0.1, 0.15) is 11.6 Å². The van der Waals surface area contributed by atoms with E-state index in [4.69, 9.17) is 15.2 Å². The van der Waals surface area contributed by atoms with Gasteiger partial charge in [-0.1, -0.05) is 0 Å². The normalized spacial score (nSPS) is 11.4. The van der Waals surface area contributed by atoms with Gasteiger partial charge in [-0.25, -0.2) is 4.39 Å². The van der Waals surface area contributed by atoms with Crippen molar-refractivity contribution in [3.05, 3.63) is 24.0 Å². The van der Waals surface area contributed by atoms with E-state index in [0.717, 1.165) is 0 Å². The van der Waals surface area contributed by atoms with Crippen LogP contribution in [-0.2, 0) is 9.53 Å². The summed E-state index contributed by atoms with van der Waals surface area (Å²) < 4.78 is 23.4. The van der Waals surface area contributed by atoms with Crippen LogP contribution in [0.1, 0.15) is 13.3 Å². The van der Waals surface area contributed by atoms with E-state index >= 15 is 0 Å². The molecular formula is C13H20ClFN2O3. The third kappa shape index (κ3) is 5.73. The molecule has 0 aliphatic heterocycles. The maximum Gasteiger partial charge on any atom is 0.227 e. The summed E-state index contributed by atoms with van der Waals surface area (Å²) in [6, 6.07) is 3.95. The third-order valence-electron chi connectivity index (χ3n) is 2.53. The average Bonchev–Trinajstić information content (AvgIpc) is 2.39. The molecule has 20 heavy (non-hydrogen) atoms. The fraction of sp³-hybridized carbons (Fsp3) is 0.462. The molecule has 0 aliphatic rings. The Labute approximate surface area is 124 Å². The van der Waals surface area contributed by atoms with Gasteiger partial charge in [0.15, 0.2) is 0 Å². The minimum absolute atomic E-state index is 0. The minimum atomic E-state index is -0.418. The van der Waals surface area contributed by atoms with Crippen LogP contribution in [0.3, 0.4) is 0 Å². The van der Waals surface area contributed by atoms with Gasteiger partial charge >= 0.3 is 0 Å². The number of nitrogens with two attached hydrogens (primary N) is 1. The number of carbonyl (C=O) groups excluding carboxylic acids is 1. The molecule has 0 radical (unpaired) electrons. The van der Waals surface area contributed by atoms with Gasteiger partial charge in [-0.2, -0.15) is 0 Å². The highest BCUT2D eigenvalue weighted by atomic mass is 35.5. The number of methoxy groups -OCH3 is 1. The second kappa shape index (κ2) is 9.52. The van der Waals surface area contributed by atoms with E-state index in [1.54, 1.807) is 6.92 Å². The number of halogens is 2. The summed E-state index contributed by atoms with van der Waals surface area (Å²) in [6.45, 7) is 2.42. The fourth-order valence-corrected chi connectivity index (χ4v) is 1.55. The lowest BCUT2D eigenvalue weighted by molar-refractivity contribution is -0.118. The summed E-state index contributed by atoms with van der Waals surface area (Å²) in [6.07, 6.45) is -0.202.